The molecule has 0 atom stereocenters. The first-order valence-electron chi connectivity index (χ1n) is 10.3. The highest BCUT2D eigenvalue weighted by molar-refractivity contribution is 5.54. The van der Waals surface area contributed by atoms with Gasteiger partial charge in [0.2, 0.25) is 5.95 Å². The molecule has 1 aromatic rings. The van der Waals surface area contributed by atoms with Crippen LogP contribution in [0.4, 0.5) is 17.6 Å². The Bertz CT molecular complexity index is 618. The molecule has 3 fully saturated rings. The van der Waals surface area contributed by atoms with Crippen LogP contribution in [0.25, 0.3) is 0 Å². The van der Waals surface area contributed by atoms with Crippen molar-refractivity contribution < 1.29 is 5.11 Å². The first-order valence-corrected chi connectivity index (χ1v) is 10.3. The monoisotopic (exact) mass is 375 g/mol. The minimum absolute atomic E-state index is 0.0988. The van der Waals surface area contributed by atoms with E-state index in [-0.39, 0.29) is 6.10 Å². The average Bonchev–Trinajstić information content (AvgIpc) is 2.69. The molecule has 3 N–H and O–H groups in total. The van der Waals surface area contributed by atoms with Gasteiger partial charge >= 0.3 is 0 Å². The average molecular weight is 376 g/mol. The molecule has 27 heavy (non-hydrogen) atoms. The Morgan fingerprint density at radius 3 is 2.00 bits per heavy atom. The molecule has 3 aliphatic rings. The number of hydrogen-bond donors (Lipinski definition) is 2. The van der Waals surface area contributed by atoms with Crippen molar-refractivity contribution >= 4 is 17.6 Å². The molecule has 0 saturated carbocycles. The van der Waals surface area contributed by atoms with Crippen molar-refractivity contribution in [2.24, 2.45) is 0 Å². The number of likely N-dealkylation sites (N-methyl/N-ethyl adjacent to an activating group) is 1. The fraction of sp³-hybridized carbons (Fsp3) is 0.789. The summed E-state index contributed by atoms with van der Waals surface area (Å²) >= 11 is 0. The van der Waals surface area contributed by atoms with Crippen LogP contribution in [-0.4, -0.2) is 96.4 Å². The minimum atomic E-state index is -0.0988. The Balaban J connectivity index is 1.38. The summed E-state index contributed by atoms with van der Waals surface area (Å²) in [6, 6.07) is 2.74. The van der Waals surface area contributed by atoms with Crippen LogP contribution >= 0.6 is 0 Å². The van der Waals surface area contributed by atoms with Crippen LogP contribution in [0.3, 0.4) is 0 Å². The van der Waals surface area contributed by atoms with Gasteiger partial charge in [-0.3, -0.25) is 0 Å². The fourth-order valence-electron chi connectivity index (χ4n) is 4.51. The maximum Gasteiger partial charge on any atom is 0.223 e. The van der Waals surface area contributed by atoms with Gasteiger partial charge in [0.05, 0.1) is 6.10 Å². The quantitative estimate of drug-likeness (QED) is 0.777. The van der Waals surface area contributed by atoms with Crippen LogP contribution in [0.5, 0.6) is 0 Å². The van der Waals surface area contributed by atoms with E-state index in [1.54, 1.807) is 0 Å². The molecule has 0 aliphatic carbocycles. The zero-order valence-electron chi connectivity index (χ0n) is 16.4. The van der Waals surface area contributed by atoms with Gasteiger partial charge in [-0.25, -0.2) is 0 Å². The SMILES string of the molecule is CN1CCN(c2cc(N3CCC(N4CCC(O)CC4)CC3)nc(N)n2)CC1. The van der Waals surface area contributed by atoms with Crippen molar-refractivity contribution in [1.82, 2.24) is 19.8 Å². The number of anilines is 3. The molecule has 0 spiro atoms. The summed E-state index contributed by atoms with van der Waals surface area (Å²) in [5.74, 6) is 2.29. The number of nitrogens with two attached hydrogens (primary N) is 1. The highest BCUT2D eigenvalue weighted by Gasteiger charge is 2.28. The second-order valence-electron chi connectivity index (χ2n) is 8.22. The summed E-state index contributed by atoms with van der Waals surface area (Å²) < 4.78 is 0. The van der Waals surface area contributed by atoms with Gasteiger partial charge < -0.3 is 30.4 Å². The third-order valence-electron chi connectivity index (χ3n) is 6.35. The van der Waals surface area contributed by atoms with Gasteiger partial charge in [0, 0.05) is 64.5 Å². The van der Waals surface area contributed by atoms with Gasteiger partial charge in [-0.05, 0) is 32.7 Å². The van der Waals surface area contributed by atoms with Gasteiger partial charge in [-0.15, -0.1) is 0 Å². The standard InChI is InChI=1S/C19H33N7O/c1-23-10-12-26(13-11-23)18-14-17(21-19(20)22-18)25-6-2-15(3-7-25)24-8-4-16(27)5-9-24/h14-16,27H,2-13H2,1H3,(H2,20,21,22). The molecule has 8 nitrogen and oxygen atoms in total. The highest BCUT2D eigenvalue weighted by Crippen LogP contribution is 2.26. The lowest BCUT2D eigenvalue weighted by Gasteiger charge is -2.41. The Morgan fingerprint density at radius 2 is 1.41 bits per heavy atom. The smallest absolute Gasteiger partial charge is 0.223 e. The Labute approximate surface area is 162 Å². The van der Waals surface area contributed by atoms with E-state index in [9.17, 15) is 5.11 Å². The van der Waals surface area contributed by atoms with E-state index in [1.165, 1.54) is 0 Å². The van der Waals surface area contributed by atoms with E-state index in [2.05, 4.69) is 42.7 Å². The van der Waals surface area contributed by atoms with Crippen LogP contribution in [0.1, 0.15) is 25.7 Å². The number of piperazine rings is 1. The lowest BCUT2D eigenvalue weighted by atomic mass is 9.99. The Morgan fingerprint density at radius 1 is 0.852 bits per heavy atom. The molecule has 0 radical (unpaired) electrons. The largest absolute Gasteiger partial charge is 0.393 e. The molecule has 1 aromatic heterocycles. The molecule has 0 bridgehead atoms. The molecular weight excluding hydrogens is 342 g/mol. The summed E-state index contributed by atoms with van der Waals surface area (Å²) in [4.78, 5) is 18.6. The van der Waals surface area contributed by atoms with Crippen LogP contribution < -0.4 is 15.5 Å². The summed E-state index contributed by atoms with van der Waals surface area (Å²) in [6.45, 7) is 8.12. The molecule has 0 aromatic carbocycles. The number of piperidine rings is 2. The third kappa shape index (κ3) is 4.44. The maximum atomic E-state index is 9.72. The van der Waals surface area contributed by atoms with Crippen molar-refractivity contribution in [3.8, 4) is 0 Å². The predicted octanol–water partition coefficient (Wildman–Crippen LogP) is 0.236. The van der Waals surface area contributed by atoms with Crippen molar-refractivity contribution in [1.29, 1.82) is 0 Å². The molecule has 4 heterocycles. The lowest BCUT2D eigenvalue weighted by Crippen LogP contribution is -2.48. The van der Waals surface area contributed by atoms with Gasteiger partial charge in [0.15, 0.2) is 0 Å². The van der Waals surface area contributed by atoms with E-state index in [0.29, 0.717) is 12.0 Å². The van der Waals surface area contributed by atoms with Crippen LogP contribution in [0.2, 0.25) is 0 Å². The van der Waals surface area contributed by atoms with E-state index < -0.39 is 0 Å². The topological polar surface area (TPSA) is 85.0 Å². The number of rotatable bonds is 3. The summed E-state index contributed by atoms with van der Waals surface area (Å²) in [6.07, 6.45) is 4.01. The first-order chi connectivity index (χ1) is 13.1. The molecule has 3 saturated heterocycles. The molecule has 0 amide bonds. The van der Waals surface area contributed by atoms with Crippen molar-refractivity contribution in [3.05, 3.63) is 6.07 Å². The van der Waals surface area contributed by atoms with Gasteiger partial charge in [0.25, 0.3) is 0 Å². The fourth-order valence-corrected chi connectivity index (χ4v) is 4.51. The second kappa shape index (κ2) is 8.16. The van der Waals surface area contributed by atoms with E-state index >= 15 is 0 Å². The van der Waals surface area contributed by atoms with Crippen molar-refractivity contribution in [2.45, 2.75) is 37.8 Å². The number of aliphatic hydroxyl groups excluding tert-OH is 1. The van der Waals surface area contributed by atoms with Crippen LogP contribution in [-0.2, 0) is 0 Å². The summed E-state index contributed by atoms with van der Waals surface area (Å²) in [7, 11) is 2.16. The zero-order valence-corrected chi connectivity index (χ0v) is 16.4. The highest BCUT2D eigenvalue weighted by atomic mass is 16.3. The third-order valence-corrected chi connectivity index (χ3v) is 6.35. The molecule has 0 unspecified atom stereocenters. The maximum absolute atomic E-state index is 9.72. The lowest BCUT2D eigenvalue weighted by molar-refractivity contribution is 0.0542. The second-order valence-corrected chi connectivity index (χ2v) is 8.22. The number of likely N-dealkylation sites (tertiary alicyclic amines) is 1. The summed E-state index contributed by atoms with van der Waals surface area (Å²) in [5.41, 5.74) is 6.04. The first kappa shape index (κ1) is 18.7. The van der Waals surface area contributed by atoms with Crippen molar-refractivity contribution in [2.75, 3.05) is 74.9 Å². The van der Waals surface area contributed by atoms with E-state index in [1.807, 2.05) is 0 Å². The molecule has 3 aliphatic heterocycles. The van der Waals surface area contributed by atoms with E-state index in [0.717, 1.165) is 89.7 Å². The number of hydrogen-bond acceptors (Lipinski definition) is 8. The van der Waals surface area contributed by atoms with E-state index in [4.69, 9.17) is 5.73 Å². The van der Waals surface area contributed by atoms with Gasteiger partial charge in [-0.2, -0.15) is 9.97 Å². The van der Waals surface area contributed by atoms with Crippen LogP contribution in [0, 0.1) is 0 Å². The Hall–Kier alpha value is -1.64. The summed E-state index contributed by atoms with van der Waals surface area (Å²) in [5, 5.41) is 9.72. The Kier molecular flexibility index (Phi) is 5.66. The van der Waals surface area contributed by atoms with Gasteiger partial charge in [-0.1, -0.05) is 0 Å². The number of aliphatic hydroxyl groups is 1. The molecule has 150 valence electrons. The minimum Gasteiger partial charge on any atom is -0.393 e. The van der Waals surface area contributed by atoms with Crippen LogP contribution in [0.15, 0.2) is 6.07 Å². The van der Waals surface area contributed by atoms with Crippen molar-refractivity contribution in [3.63, 3.8) is 0 Å². The predicted molar refractivity (Wildman–Crippen MR) is 108 cm³/mol. The molecular formula is C19H33N7O. The number of nitrogen functional groups attached to an aromatic ring is 1. The van der Waals surface area contributed by atoms with Gasteiger partial charge in [0.1, 0.15) is 11.6 Å². The number of aromatic nitrogens is 2. The molecule has 4 rings (SSSR count). The molecule has 8 heteroatoms. The zero-order chi connectivity index (χ0) is 18.8. The normalized spacial score (nSPS) is 24.5. The number of nitrogens with zero attached hydrogens (tertiary/aromatic N) is 6.